The molecule has 0 aliphatic rings. The second-order valence-electron chi connectivity index (χ2n) is 12.1. The number of rotatable bonds is 17. The Hall–Kier alpha value is -4.75. The van der Waals surface area contributed by atoms with E-state index in [9.17, 15) is 18.0 Å². The highest BCUT2D eigenvalue weighted by Gasteiger charge is 2.36. The first-order valence-corrected chi connectivity index (χ1v) is 18.5. The van der Waals surface area contributed by atoms with Gasteiger partial charge in [-0.2, -0.15) is 0 Å². The molecular weight excluding hydrogens is 738 g/mol. The molecule has 0 saturated heterocycles. The molecule has 4 aromatic rings. The number of sulfonamides is 1. The van der Waals surface area contributed by atoms with E-state index >= 15 is 0 Å². The first-order valence-electron chi connectivity index (χ1n) is 16.2. The van der Waals surface area contributed by atoms with Crippen LogP contribution in [-0.2, 0) is 32.6 Å². The van der Waals surface area contributed by atoms with Crippen molar-refractivity contribution in [3.63, 3.8) is 0 Å². The minimum absolute atomic E-state index is 0.0182. The molecule has 0 fully saturated rings. The molecule has 0 spiro atoms. The summed E-state index contributed by atoms with van der Waals surface area (Å²) in [4.78, 5) is 30.2. The van der Waals surface area contributed by atoms with Crippen LogP contribution in [0.1, 0.15) is 25.0 Å². The van der Waals surface area contributed by atoms with E-state index in [1.807, 2.05) is 68.4 Å². The molecule has 0 saturated carbocycles. The van der Waals surface area contributed by atoms with Gasteiger partial charge >= 0.3 is 0 Å². The van der Waals surface area contributed by atoms with Gasteiger partial charge in [-0.1, -0.05) is 72.2 Å². The van der Waals surface area contributed by atoms with Crippen LogP contribution in [-0.4, -0.2) is 72.7 Å². The van der Waals surface area contributed by atoms with Crippen LogP contribution in [0, 0.1) is 5.92 Å². The Morgan fingerprint density at radius 1 is 0.765 bits per heavy atom. The lowest BCUT2D eigenvalue weighted by Crippen LogP contribution is -2.53. The molecule has 11 nitrogen and oxygen atoms in total. The van der Waals surface area contributed by atoms with Gasteiger partial charge in [-0.15, -0.1) is 0 Å². The van der Waals surface area contributed by atoms with Crippen molar-refractivity contribution in [2.75, 3.05) is 45.8 Å². The summed E-state index contributed by atoms with van der Waals surface area (Å²) in [6, 6.07) is 24.6. The van der Waals surface area contributed by atoms with Gasteiger partial charge in [0.25, 0.3) is 10.0 Å². The van der Waals surface area contributed by atoms with Crippen LogP contribution >= 0.6 is 15.9 Å². The Balaban J connectivity index is 1.89. The van der Waals surface area contributed by atoms with Gasteiger partial charge in [-0.05, 0) is 53.4 Å². The third-order valence-corrected chi connectivity index (χ3v) is 10.3. The molecule has 51 heavy (non-hydrogen) atoms. The Morgan fingerprint density at radius 3 is 2.06 bits per heavy atom. The lowest BCUT2D eigenvalue weighted by atomic mass is 10.0. The third-order valence-electron chi connectivity index (χ3n) is 8.07. The Kier molecular flexibility index (Phi) is 13.7. The van der Waals surface area contributed by atoms with Gasteiger partial charge in [-0.25, -0.2) is 8.42 Å². The molecule has 1 atom stereocenters. The molecule has 13 heteroatoms. The monoisotopic (exact) mass is 781 g/mol. The molecule has 4 rings (SSSR count). The number of halogens is 1. The third kappa shape index (κ3) is 9.95. The fraction of sp³-hybridized carbons (Fsp3) is 0.316. The van der Waals surface area contributed by atoms with Crippen molar-refractivity contribution >= 4 is 43.5 Å². The van der Waals surface area contributed by atoms with Gasteiger partial charge in [0.15, 0.2) is 11.5 Å². The van der Waals surface area contributed by atoms with E-state index < -0.39 is 28.5 Å². The summed E-state index contributed by atoms with van der Waals surface area (Å²) < 4.78 is 52.9. The number of nitrogens with one attached hydrogen (secondary N) is 1. The van der Waals surface area contributed by atoms with Crippen LogP contribution in [0.15, 0.2) is 100 Å². The zero-order valence-corrected chi connectivity index (χ0v) is 32.0. The van der Waals surface area contributed by atoms with Gasteiger partial charge in [0.05, 0.1) is 39.0 Å². The summed E-state index contributed by atoms with van der Waals surface area (Å²) in [5.41, 5.74) is 1.63. The molecule has 0 heterocycles. The quantitative estimate of drug-likeness (QED) is 0.137. The first kappa shape index (κ1) is 39.0. The van der Waals surface area contributed by atoms with Crippen molar-refractivity contribution in [2.45, 2.75) is 37.8 Å². The lowest BCUT2D eigenvalue weighted by Gasteiger charge is -2.34. The molecule has 272 valence electrons. The van der Waals surface area contributed by atoms with Gasteiger partial charge in [0.2, 0.25) is 11.8 Å². The zero-order chi connectivity index (χ0) is 37.1. The number of hydrogen-bond donors (Lipinski definition) is 1. The van der Waals surface area contributed by atoms with Gasteiger partial charge in [0, 0.05) is 36.1 Å². The largest absolute Gasteiger partial charge is 0.497 e. The highest BCUT2D eigenvalue weighted by Crippen LogP contribution is 2.38. The van der Waals surface area contributed by atoms with Crippen molar-refractivity contribution in [3.8, 4) is 23.0 Å². The van der Waals surface area contributed by atoms with Crippen molar-refractivity contribution in [1.29, 1.82) is 0 Å². The summed E-state index contributed by atoms with van der Waals surface area (Å²) in [7, 11) is 1.21. The van der Waals surface area contributed by atoms with Gasteiger partial charge < -0.3 is 29.2 Å². The smallest absolute Gasteiger partial charge is 0.265 e. The molecule has 0 unspecified atom stereocenters. The fourth-order valence-corrected chi connectivity index (χ4v) is 7.30. The normalized spacial score (nSPS) is 11.8. The minimum atomic E-state index is -4.50. The summed E-state index contributed by atoms with van der Waals surface area (Å²) in [6.45, 7) is 3.69. The molecule has 0 aliphatic carbocycles. The number of methoxy groups -OCH3 is 4. The zero-order valence-electron chi connectivity index (χ0n) is 29.6. The molecular formula is C38H44BrN3O8S. The molecule has 2 amide bonds. The van der Waals surface area contributed by atoms with Crippen LogP contribution in [0.4, 0.5) is 5.69 Å². The Morgan fingerprint density at radius 2 is 1.43 bits per heavy atom. The lowest BCUT2D eigenvalue weighted by molar-refractivity contribution is -0.140. The number of carbonyl (C=O) groups excluding carboxylic acids is 2. The maximum absolute atomic E-state index is 14.9. The van der Waals surface area contributed by atoms with E-state index in [1.54, 1.807) is 12.1 Å². The Bertz CT molecular complexity index is 1910. The number of ether oxygens (including phenoxy) is 4. The average molecular weight is 783 g/mol. The molecule has 0 aliphatic heterocycles. The van der Waals surface area contributed by atoms with Crippen LogP contribution in [0.5, 0.6) is 23.0 Å². The maximum Gasteiger partial charge on any atom is 0.265 e. The van der Waals surface area contributed by atoms with Crippen molar-refractivity contribution in [2.24, 2.45) is 5.92 Å². The number of hydrogen-bond acceptors (Lipinski definition) is 8. The summed E-state index contributed by atoms with van der Waals surface area (Å²) >= 11 is 3.51. The van der Waals surface area contributed by atoms with Crippen LogP contribution < -0.4 is 28.6 Å². The van der Waals surface area contributed by atoms with Crippen molar-refractivity contribution in [1.82, 2.24) is 10.2 Å². The molecule has 0 bridgehead atoms. The van der Waals surface area contributed by atoms with Crippen LogP contribution in [0.25, 0.3) is 0 Å². The number of benzene rings is 4. The minimum Gasteiger partial charge on any atom is -0.497 e. The van der Waals surface area contributed by atoms with E-state index in [-0.39, 0.29) is 46.9 Å². The molecule has 1 N–H and O–H groups in total. The summed E-state index contributed by atoms with van der Waals surface area (Å²) in [5.74, 6) is 0.211. The SMILES string of the molecule is COc1ccc(OC)c(N(CC(=O)N(Cc2cccc(Br)c2)[C@H](Cc2ccccc2)C(=O)NCC(C)C)S(=O)(=O)c2ccc(OC)c(OC)c2)c1. The summed E-state index contributed by atoms with van der Waals surface area (Å²) in [6.07, 6.45) is 0.190. The maximum atomic E-state index is 14.9. The predicted octanol–water partition coefficient (Wildman–Crippen LogP) is 6.09. The topological polar surface area (TPSA) is 124 Å². The molecule has 0 radical (unpaired) electrons. The van der Waals surface area contributed by atoms with Crippen LogP contribution in [0.2, 0.25) is 0 Å². The average Bonchev–Trinajstić information content (AvgIpc) is 3.13. The second kappa shape index (κ2) is 18.0. The number of nitrogens with zero attached hydrogens (tertiary/aromatic N) is 2. The van der Waals surface area contributed by atoms with Crippen molar-refractivity contribution in [3.05, 3.63) is 107 Å². The fourth-order valence-electron chi connectivity index (χ4n) is 5.42. The van der Waals surface area contributed by atoms with Gasteiger partial charge in [-0.3, -0.25) is 13.9 Å². The van der Waals surface area contributed by atoms with E-state index in [4.69, 9.17) is 18.9 Å². The highest BCUT2D eigenvalue weighted by atomic mass is 79.9. The standard InChI is InChI=1S/C38H44BrN3O8S/c1-26(2)23-40-38(44)33(20-27-11-8-7-9-12-27)41(24-28-13-10-14-29(39)19-28)37(43)25-42(32-21-30(47-3)15-17-34(32)48-4)51(45,46)31-16-18-35(49-5)36(22-31)50-6/h7-19,21-22,26,33H,20,23-25H2,1-6H3,(H,40,44)/t33-/m1/s1. The number of anilines is 1. The van der Waals surface area contributed by atoms with Crippen molar-refractivity contribution < 1.29 is 37.0 Å². The Labute approximate surface area is 308 Å². The molecule has 4 aromatic carbocycles. The second-order valence-corrected chi connectivity index (χ2v) is 14.8. The van der Waals surface area contributed by atoms with E-state index in [1.165, 1.54) is 57.6 Å². The van der Waals surface area contributed by atoms with Gasteiger partial charge in [0.1, 0.15) is 24.1 Å². The first-order chi connectivity index (χ1) is 24.4. The van der Waals surface area contributed by atoms with E-state index in [0.29, 0.717) is 18.0 Å². The van der Waals surface area contributed by atoms with E-state index in [2.05, 4.69) is 21.2 Å². The number of amides is 2. The summed E-state index contributed by atoms with van der Waals surface area (Å²) in [5, 5.41) is 3.00. The molecule has 0 aromatic heterocycles. The highest BCUT2D eigenvalue weighted by molar-refractivity contribution is 9.10. The van der Waals surface area contributed by atoms with Crippen LogP contribution in [0.3, 0.4) is 0 Å². The van der Waals surface area contributed by atoms with E-state index in [0.717, 1.165) is 19.9 Å². The predicted molar refractivity (Wildman–Crippen MR) is 200 cm³/mol. The number of carbonyl (C=O) groups is 2.